The van der Waals surface area contributed by atoms with Crippen LogP contribution in [0.4, 0.5) is 0 Å². The summed E-state index contributed by atoms with van der Waals surface area (Å²) in [5.41, 5.74) is 2.49. The summed E-state index contributed by atoms with van der Waals surface area (Å²) < 4.78 is 5.18. The normalized spacial score (nSPS) is 15.6. The van der Waals surface area contributed by atoms with E-state index in [0.29, 0.717) is 13.1 Å². The number of nitrogens with zero attached hydrogens (tertiary/aromatic N) is 2. The van der Waals surface area contributed by atoms with Crippen LogP contribution in [-0.2, 0) is 4.79 Å². The maximum atomic E-state index is 13.3. The van der Waals surface area contributed by atoms with E-state index < -0.39 is 6.04 Å². The van der Waals surface area contributed by atoms with Crippen LogP contribution in [0.25, 0.3) is 0 Å². The van der Waals surface area contributed by atoms with Crippen LogP contribution >= 0.6 is 0 Å². The molecule has 1 aromatic heterocycles. The Morgan fingerprint density at radius 1 is 0.818 bits per heavy atom. The van der Waals surface area contributed by atoms with Crippen molar-refractivity contribution >= 4 is 11.8 Å². The first-order chi connectivity index (χ1) is 16.0. The molecular formula is C27H31N3O3. The van der Waals surface area contributed by atoms with Gasteiger partial charge in [0.25, 0.3) is 5.91 Å². The summed E-state index contributed by atoms with van der Waals surface area (Å²) in [5.74, 6) is -0.220. The number of furan rings is 1. The summed E-state index contributed by atoms with van der Waals surface area (Å²) in [6.45, 7) is 6.65. The standard InChI is InChI=1S/C27H31N3O3/c1-20(2)24(28-26(31)23-14-9-19-33-23)27(32)30-17-15-29(16-18-30)25(21-10-5-3-6-11-21)22-12-7-4-8-13-22/h3-14,19-20,24-25H,15-18H2,1-2H3,(H,28,31)/t24-/m1/s1. The van der Waals surface area contributed by atoms with Crippen molar-refractivity contribution in [3.05, 3.63) is 95.9 Å². The molecule has 6 heteroatoms. The first-order valence-corrected chi connectivity index (χ1v) is 11.5. The number of hydrogen-bond acceptors (Lipinski definition) is 4. The van der Waals surface area contributed by atoms with Crippen LogP contribution < -0.4 is 5.32 Å². The lowest BCUT2D eigenvalue weighted by Gasteiger charge is -2.41. The van der Waals surface area contributed by atoms with Crippen LogP contribution in [0.1, 0.15) is 41.6 Å². The zero-order valence-electron chi connectivity index (χ0n) is 19.2. The van der Waals surface area contributed by atoms with Crippen LogP contribution in [0, 0.1) is 5.92 Å². The molecule has 0 radical (unpaired) electrons. The van der Waals surface area contributed by atoms with E-state index in [1.54, 1.807) is 12.1 Å². The summed E-state index contributed by atoms with van der Waals surface area (Å²) in [5, 5.41) is 2.86. The monoisotopic (exact) mass is 445 g/mol. The van der Waals surface area contributed by atoms with Crippen LogP contribution in [0.15, 0.2) is 83.5 Å². The molecule has 1 fully saturated rings. The number of piperazine rings is 1. The number of amides is 2. The Bertz CT molecular complexity index is 987. The molecule has 1 atom stereocenters. The first kappa shape index (κ1) is 22.8. The Hall–Kier alpha value is -3.38. The van der Waals surface area contributed by atoms with Crippen molar-refractivity contribution in [2.24, 2.45) is 5.92 Å². The number of rotatable bonds is 7. The highest BCUT2D eigenvalue weighted by Crippen LogP contribution is 2.29. The second-order valence-corrected chi connectivity index (χ2v) is 8.76. The molecule has 33 heavy (non-hydrogen) atoms. The summed E-state index contributed by atoms with van der Waals surface area (Å²) in [6, 6.07) is 23.8. The van der Waals surface area contributed by atoms with E-state index in [-0.39, 0.29) is 29.5 Å². The van der Waals surface area contributed by atoms with E-state index >= 15 is 0 Å². The first-order valence-electron chi connectivity index (χ1n) is 11.5. The van der Waals surface area contributed by atoms with Gasteiger partial charge in [0, 0.05) is 26.2 Å². The fourth-order valence-electron chi connectivity index (χ4n) is 4.42. The fraction of sp³-hybridized carbons (Fsp3) is 0.333. The lowest BCUT2D eigenvalue weighted by molar-refractivity contribution is -0.136. The van der Waals surface area contributed by atoms with Crippen LogP contribution in [0.3, 0.4) is 0 Å². The van der Waals surface area contributed by atoms with Gasteiger partial charge in [-0.1, -0.05) is 74.5 Å². The van der Waals surface area contributed by atoms with Gasteiger partial charge in [0.2, 0.25) is 5.91 Å². The van der Waals surface area contributed by atoms with Crippen molar-refractivity contribution in [3.8, 4) is 0 Å². The second-order valence-electron chi connectivity index (χ2n) is 8.76. The largest absolute Gasteiger partial charge is 0.459 e. The predicted molar refractivity (Wildman–Crippen MR) is 128 cm³/mol. The summed E-state index contributed by atoms with van der Waals surface area (Å²) in [6.07, 6.45) is 1.45. The lowest BCUT2D eigenvalue weighted by atomic mass is 9.96. The Balaban J connectivity index is 1.45. The second kappa shape index (κ2) is 10.5. The number of hydrogen-bond donors (Lipinski definition) is 1. The number of carbonyl (C=O) groups is 2. The highest BCUT2D eigenvalue weighted by atomic mass is 16.3. The topological polar surface area (TPSA) is 65.8 Å². The summed E-state index contributed by atoms with van der Waals surface area (Å²) in [4.78, 5) is 30.1. The molecule has 172 valence electrons. The van der Waals surface area contributed by atoms with Crippen molar-refractivity contribution in [1.82, 2.24) is 15.1 Å². The van der Waals surface area contributed by atoms with E-state index in [1.165, 1.54) is 17.4 Å². The van der Waals surface area contributed by atoms with Gasteiger partial charge in [0.15, 0.2) is 5.76 Å². The Kier molecular flexibility index (Phi) is 7.25. The van der Waals surface area contributed by atoms with Crippen molar-refractivity contribution in [2.45, 2.75) is 25.9 Å². The third-order valence-electron chi connectivity index (χ3n) is 6.19. The van der Waals surface area contributed by atoms with E-state index in [0.717, 1.165) is 13.1 Å². The molecule has 2 aromatic carbocycles. The molecule has 0 saturated carbocycles. The van der Waals surface area contributed by atoms with E-state index in [9.17, 15) is 9.59 Å². The molecule has 1 N–H and O–H groups in total. The molecule has 6 nitrogen and oxygen atoms in total. The average Bonchev–Trinajstić information content (AvgIpc) is 3.39. The van der Waals surface area contributed by atoms with Crippen molar-refractivity contribution in [3.63, 3.8) is 0 Å². The minimum Gasteiger partial charge on any atom is -0.459 e. The molecule has 3 aromatic rings. The molecule has 0 bridgehead atoms. The van der Waals surface area contributed by atoms with Crippen molar-refractivity contribution < 1.29 is 14.0 Å². The highest BCUT2D eigenvalue weighted by molar-refractivity contribution is 5.95. The quantitative estimate of drug-likeness (QED) is 0.598. The Morgan fingerprint density at radius 3 is 1.88 bits per heavy atom. The maximum Gasteiger partial charge on any atom is 0.287 e. The predicted octanol–water partition coefficient (Wildman–Crippen LogP) is 3.97. The summed E-state index contributed by atoms with van der Waals surface area (Å²) in [7, 11) is 0. The fourth-order valence-corrected chi connectivity index (χ4v) is 4.42. The van der Waals surface area contributed by atoms with E-state index in [1.807, 2.05) is 30.9 Å². The molecule has 0 unspecified atom stereocenters. The summed E-state index contributed by atoms with van der Waals surface area (Å²) >= 11 is 0. The highest BCUT2D eigenvalue weighted by Gasteiger charge is 2.33. The maximum absolute atomic E-state index is 13.3. The van der Waals surface area contributed by atoms with Gasteiger partial charge in [0.1, 0.15) is 6.04 Å². The molecule has 2 heterocycles. The van der Waals surface area contributed by atoms with Gasteiger partial charge in [-0.3, -0.25) is 14.5 Å². The van der Waals surface area contributed by atoms with E-state index in [4.69, 9.17) is 4.42 Å². The SMILES string of the molecule is CC(C)[C@@H](NC(=O)c1ccco1)C(=O)N1CCN(C(c2ccccc2)c2ccccc2)CC1. The van der Waals surface area contributed by atoms with Gasteiger partial charge < -0.3 is 14.6 Å². The smallest absolute Gasteiger partial charge is 0.287 e. The number of carbonyl (C=O) groups excluding carboxylic acids is 2. The van der Waals surface area contributed by atoms with Gasteiger partial charge in [0.05, 0.1) is 12.3 Å². The van der Waals surface area contributed by atoms with Crippen molar-refractivity contribution in [1.29, 1.82) is 0 Å². The molecule has 0 aliphatic carbocycles. The number of benzene rings is 2. The van der Waals surface area contributed by atoms with Gasteiger partial charge in [-0.2, -0.15) is 0 Å². The van der Waals surface area contributed by atoms with Gasteiger partial charge in [-0.15, -0.1) is 0 Å². The zero-order valence-corrected chi connectivity index (χ0v) is 19.2. The van der Waals surface area contributed by atoms with Crippen molar-refractivity contribution in [2.75, 3.05) is 26.2 Å². The average molecular weight is 446 g/mol. The minimum atomic E-state index is -0.590. The molecule has 0 spiro atoms. The minimum absolute atomic E-state index is 0.0316. The van der Waals surface area contributed by atoms with Crippen LogP contribution in [-0.4, -0.2) is 53.8 Å². The third-order valence-corrected chi connectivity index (χ3v) is 6.19. The molecule has 2 amide bonds. The van der Waals surface area contributed by atoms with Gasteiger partial charge >= 0.3 is 0 Å². The van der Waals surface area contributed by atoms with E-state index in [2.05, 4.69) is 58.7 Å². The van der Waals surface area contributed by atoms with Gasteiger partial charge in [-0.05, 0) is 29.2 Å². The lowest BCUT2D eigenvalue weighted by Crippen LogP contribution is -2.56. The zero-order chi connectivity index (χ0) is 23.2. The number of nitrogens with one attached hydrogen (secondary N) is 1. The van der Waals surface area contributed by atoms with Crippen LogP contribution in [0.5, 0.6) is 0 Å². The van der Waals surface area contributed by atoms with Crippen LogP contribution in [0.2, 0.25) is 0 Å². The molecule has 1 aliphatic rings. The Morgan fingerprint density at radius 2 is 1.39 bits per heavy atom. The van der Waals surface area contributed by atoms with Gasteiger partial charge in [-0.25, -0.2) is 0 Å². The molecular weight excluding hydrogens is 414 g/mol. The molecule has 1 aliphatic heterocycles. The molecule has 4 rings (SSSR count). The Labute approximate surface area is 195 Å². The third kappa shape index (κ3) is 5.34. The molecule has 1 saturated heterocycles.